The van der Waals surface area contributed by atoms with Crippen LogP contribution in [0.2, 0.25) is 0 Å². The Labute approximate surface area is 119 Å². The van der Waals surface area contributed by atoms with Gasteiger partial charge in [-0.15, -0.1) is 0 Å². The first-order valence-electron chi connectivity index (χ1n) is 5.86. The van der Waals surface area contributed by atoms with Gasteiger partial charge in [-0.05, 0) is 12.0 Å². The molecule has 0 nitrogen and oxygen atoms in total. The molecule has 3 aromatic rings. The van der Waals surface area contributed by atoms with E-state index >= 15 is 0 Å². The smallest absolute Gasteiger partial charge is 0.214 e. The maximum absolute atomic E-state index is 2.16. The van der Waals surface area contributed by atoms with E-state index in [0.29, 0.717) is 0 Å². The second-order valence-electron chi connectivity index (χ2n) is 3.92. The summed E-state index contributed by atoms with van der Waals surface area (Å²) in [6.45, 7) is 0. The van der Waals surface area contributed by atoms with Crippen molar-refractivity contribution in [3.05, 3.63) is 96.1 Å². The van der Waals surface area contributed by atoms with E-state index in [1.54, 1.807) is 0 Å². The van der Waals surface area contributed by atoms with E-state index < -0.39 is 0 Å². The summed E-state index contributed by atoms with van der Waals surface area (Å²) in [6.07, 6.45) is 1.05. The summed E-state index contributed by atoms with van der Waals surface area (Å²) >= 11 is 0. The van der Waals surface area contributed by atoms with Crippen LogP contribution in [0.1, 0.15) is 11.1 Å². The van der Waals surface area contributed by atoms with Crippen molar-refractivity contribution in [2.45, 2.75) is 6.42 Å². The second-order valence-corrected chi connectivity index (χ2v) is 3.92. The Balaban J connectivity index is 0.000000230. The van der Waals surface area contributed by atoms with Gasteiger partial charge in [-0.1, -0.05) is 30.3 Å². The maximum atomic E-state index is 2.16. The molecule has 0 aromatic heterocycles. The fourth-order valence-electron chi connectivity index (χ4n) is 1.68. The molecule has 0 atom stereocenters. The topological polar surface area (TPSA) is 0 Å². The molecular weight excluding hydrogens is 260 g/mol. The number of benzene rings is 1. The molecule has 0 fully saturated rings. The molecule has 1 heteroatoms. The molecule has 0 unspecified atom stereocenters. The molecule has 0 N–H and O–H groups in total. The Morgan fingerprint density at radius 3 is 1.94 bits per heavy atom. The van der Waals surface area contributed by atoms with Crippen LogP contribution in [-0.4, -0.2) is 0 Å². The van der Waals surface area contributed by atoms with E-state index in [0.717, 1.165) is 6.42 Å². The molecule has 0 aliphatic rings. The molecule has 18 heavy (non-hydrogen) atoms. The zero-order valence-corrected chi connectivity index (χ0v) is 11.2. The van der Waals surface area contributed by atoms with Crippen LogP contribution in [-0.2, 0) is 23.5 Å². The summed E-state index contributed by atoms with van der Waals surface area (Å²) in [4.78, 5) is 0. The molecule has 0 saturated carbocycles. The molecule has 0 heterocycles. The van der Waals surface area contributed by atoms with E-state index in [1.165, 1.54) is 11.1 Å². The molecule has 0 aliphatic heterocycles. The van der Waals surface area contributed by atoms with Gasteiger partial charge in [0.05, 0.1) is 0 Å². The average Bonchev–Trinajstić information content (AvgIpc) is 3.06. The Morgan fingerprint density at radius 2 is 1.44 bits per heavy atom. The van der Waals surface area contributed by atoms with E-state index in [9.17, 15) is 0 Å². The van der Waals surface area contributed by atoms with Crippen LogP contribution in [0.3, 0.4) is 0 Å². The van der Waals surface area contributed by atoms with Gasteiger partial charge in [-0.2, -0.15) is 35.9 Å². The monoisotopic (exact) mass is 276 g/mol. The molecule has 0 saturated heterocycles. The fourth-order valence-corrected chi connectivity index (χ4v) is 1.68. The summed E-state index contributed by atoms with van der Waals surface area (Å²) in [7, 11) is 0. The van der Waals surface area contributed by atoms with Crippen molar-refractivity contribution in [3.63, 3.8) is 0 Å². The van der Waals surface area contributed by atoms with Gasteiger partial charge >= 0.3 is 17.1 Å². The van der Waals surface area contributed by atoms with Crippen LogP contribution in [0.25, 0.3) is 0 Å². The SMILES string of the molecule is [Fe+2].c1cc[cH-]c1.c1ccc(Cc2ccc[cH-]2)cc1. The van der Waals surface area contributed by atoms with Crippen molar-refractivity contribution < 1.29 is 17.1 Å². The Bertz CT molecular complexity index is 460. The van der Waals surface area contributed by atoms with Crippen LogP contribution in [0.5, 0.6) is 0 Å². The Kier molecular flexibility index (Phi) is 6.86. The van der Waals surface area contributed by atoms with E-state index in [1.807, 2.05) is 30.3 Å². The second kappa shape index (κ2) is 8.52. The Morgan fingerprint density at radius 1 is 0.722 bits per heavy atom. The van der Waals surface area contributed by atoms with E-state index in [4.69, 9.17) is 0 Å². The quantitative estimate of drug-likeness (QED) is 0.480. The van der Waals surface area contributed by atoms with Gasteiger partial charge in [0, 0.05) is 0 Å². The third kappa shape index (κ3) is 5.18. The van der Waals surface area contributed by atoms with Gasteiger partial charge in [0.15, 0.2) is 0 Å². The van der Waals surface area contributed by atoms with Gasteiger partial charge in [0.2, 0.25) is 0 Å². The average molecular weight is 276 g/mol. The third-order valence-electron chi connectivity index (χ3n) is 2.54. The molecule has 0 spiro atoms. The van der Waals surface area contributed by atoms with Gasteiger partial charge in [0.1, 0.15) is 0 Å². The normalized spacial score (nSPS) is 8.89. The summed E-state index contributed by atoms with van der Waals surface area (Å²) < 4.78 is 0. The van der Waals surface area contributed by atoms with Crippen molar-refractivity contribution in [1.29, 1.82) is 0 Å². The maximum Gasteiger partial charge on any atom is 2.00 e. The first-order valence-corrected chi connectivity index (χ1v) is 5.86. The number of rotatable bonds is 2. The van der Waals surface area contributed by atoms with Crippen molar-refractivity contribution in [2.24, 2.45) is 0 Å². The van der Waals surface area contributed by atoms with Crippen LogP contribution in [0.15, 0.2) is 84.9 Å². The molecule has 3 rings (SSSR count). The van der Waals surface area contributed by atoms with E-state index in [2.05, 4.69) is 54.6 Å². The van der Waals surface area contributed by atoms with Gasteiger partial charge in [0.25, 0.3) is 0 Å². The van der Waals surface area contributed by atoms with Gasteiger partial charge in [-0.25, -0.2) is 24.3 Å². The minimum Gasteiger partial charge on any atom is -0.214 e. The summed E-state index contributed by atoms with van der Waals surface area (Å²) in [5.74, 6) is 0. The summed E-state index contributed by atoms with van der Waals surface area (Å²) in [5, 5.41) is 0. The van der Waals surface area contributed by atoms with Gasteiger partial charge < -0.3 is 0 Å². The Hall–Kier alpha value is -1.56. The van der Waals surface area contributed by atoms with Gasteiger partial charge in [-0.3, -0.25) is 0 Å². The molecule has 0 aliphatic carbocycles. The van der Waals surface area contributed by atoms with Crippen LogP contribution < -0.4 is 0 Å². The minimum absolute atomic E-state index is 0. The van der Waals surface area contributed by atoms with Crippen molar-refractivity contribution >= 4 is 0 Å². The summed E-state index contributed by atoms with van der Waals surface area (Å²) in [5.41, 5.74) is 2.77. The molecule has 0 radical (unpaired) electrons. The number of hydrogen-bond donors (Lipinski definition) is 0. The largest absolute Gasteiger partial charge is 2.00 e. The first kappa shape index (κ1) is 14.5. The molecule has 0 bridgehead atoms. The molecule has 3 aromatic carbocycles. The van der Waals surface area contributed by atoms with Crippen LogP contribution >= 0.6 is 0 Å². The van der Waals surface area contributed by atoms with Crippen molar-refractivity contribution in [3.8, 4) is 0 Å². The zero-order chi connectivity index (χ0) is 11.8. The first-order chi connectivity index (χ1) is 8.45. The fraction of sp³-hybridized carbons (Fsp3) is 0.0588. The molecular formula is C17H16Fe. The van der Waals surface area contributed by atoms with Crippen molar-refractivity contribution in [2.75, 3.05) is 0 Å². The van der Waals surface area contributed by atoms with Crippen molar-refractivity contribution in [1.82, 2.24) is 0 Å². The minimum atomic E-state index is 0. The predicted molar refractivity (Wildman–Crippen MR) is 73.3 cm³/mol. The zero-order valence-electron chi connectivity index (χ0n) is 10.1. The molecule has 0 amide bonds. The third-order valence-corrected chi connectivity index (χ3v) is 2.54. The van der Waals surface area contributed by atoms with Crippen LogP contribution in [0, 0.1) is 0 Å². The number of hydrogen-bond acceptors (Lipinski definition) is 0. The van der Waals surface area contributed by atoms with Crippen LogP contribution in [0.4, 0.5) is 0 Å². The predicted octanol–water partition coefficient (Wildman–Crippen LogP) is 4.40. The molecule has 92 valence electrons. The standard InChI is InChI=1S/C12H11.C5H5.Fe/c1-2-6-11(7-3-1)10-12-8-4-5-9-12;1-2-4-5-3-1;/h1-9H,10H2;1-5H;/q2*-1;+2. The van der Waals surface area contributed by atoms with E-state index in [-0.39, 0.29) is 17.1 Å². The summed E-state index contributed by atoms with van der Waals surface area (Å²) in [6, 6.07) is 29.0.